The van der Waals surface area contributed by atoms with Crippen LogP contribution in [-0.2, 0) is 25.5 Å². The number of rotatable bonds is 9. The zero-order chi connectivity index (χ0) is 14.8. The van der Waals surface area contributed by atoms with Crippen molar-refractivity contribution >= 4 is 18.0 Å². The molecule has 20 heavy (non-hydrogen) atoms. The molecule has 1 aromatic carbocycles. The van der Waals surface area contributed by atoms with E-state index in [0.717, 1.165) is 11.8 Å². The van der Waals surface area contributed by atoms with Crippen LogP contribution in [0.2, 0.25) is 0 Å². The van der Waals surface area contributed by atoms with E-state index in [-0.39, 0.29) is 30.5 Å². The quantitative estimate of drug-likeness (QED) is 0.513. The normalized spacial score (nSPS) is 11.7. The van der Waals surface area contributed by atoms with E-state index in [9.17, 15) is 14.4 Å². The summed E-state index contributed by atoms with van der Waals surface area (Å²) in [5.41, 5.74) is 1.05. The Kier molecular flexibility index (Phi) is 7.25. The Morgan fingerprint density at radius 1 is 1.20 bits per heavy atom. The van der Waals surface area contributed by atoms with Gasteiger partial charge in [-0.25, -0.2) is 0 Å². The number of methoxy groups -OCH3 is 1. The van der Waals surface area contributed by atoms with Gasteiger partial charge in [0, 0.05) is 25.2 Å². The van der Waals surface area contributed by atoms with Gasteiger partial charge in [-0.3, -0.25) is 9.59 Å². The second kappa shape index (κ2) is 9.02. The number of ketones is 1. The molecule has 1 rings (SSSR count). The molecule has 0 amide bonds. The van der Waals surface area contributed by atoms with E-state index in [2.05, 4.69) is 4.74 Å². The monoisotopic (exact) mass is 276 g/mol. The van der Waals surface area contributed by atoms with Crippen LogP contribution in [0.3, 0.4) is 0 Å². The maximum atomic E-state index is 11.8. The van der Waals surface area contributed by atoms with Gasteiger partial charge in [0.2, 0.25) is 0 Å². The summed E-state index contributed by atoms with van der Waals surface area (Å²) < 4.78 is 4.51. The predicted molar refractivity (Wildman–Crippen MR) is 75.2 cm³/mol. The Balaban J connectivity index is 2.34. The molecule has 1 aromatic rings. The summed E-state index contributed by atoms with van der Waals surface area (Å²) in [6.07, 6.45) is 2.68. The Labute approximate surface area is 119 Å². The minimum Gasteiger partial charge on any atom is -0.469 e. The lowest BCUT2D eigenvalue weighted by Crippen LogP contribution is -2.13. The predicted octanol–water partition coefficient (Wildman–Crippen LogP) is 2.35. The number of hydrogen-bond donors (Lipinski definition) is 0. The topological polar surface area (TPSA) is 60.4 Å². The summed E-state index contributed by atoms with van der Waals surface area (Å²) in [5, 5.41) is 0. The summed E-state index contributed by atoms with van der Waals surface area (Å²) in [5.74, 6) is -0.584. The molecule has 0 radical (unpaired) electrons. The number of carbonyl (C=O) groups excluding carboxylic acids is 3. The fourth-order valence-electron chi connectivity index (χ4n) is 2.01. The molecule has 1 atom stereocenters. The summed E-state index contributed by atoms with van der Waals surface area (Å²) in [7, 11) is 1.33. The second-order valence-electron chi connectivity index (χ2n) is 4.76. The molecular weight excluding hydrogens is 256 g/mol. The first-order chi connectivity index (χ1) is 9.65. The van der Waals surface area contributed by atoms with E-state index in [1.807, 2.05) is 30.3 Å². The maximum Gasteiger partial charge on any atom is 0.305 e. The lowest BCUT2D eigenvalue weighted by Gasteiger charge is -2.09. The largest absolute Gasteiger partial charge is 0.469 e. The van der Waals surface area contributed by atoms with Gasteiger partial charge in [-0.15, -0.1) is 0 Å². The van der Waals surface area contributed by atoms with E-state index < -0.39 is 0 Å². The molecule has 0 heterocycles. The Hall–Kier alpha value is -1.97. The van der Waals surface area contributed by atoms with Crippen LogP contribution < -0.4 is 0 Å². The van der Waals surface area contributed by atoms with E-state index >= 15 is 0 Å². The molecular formula is C16H20O4. The Morgan fingerprint density at radius 2 is 1.90 bits per heavy atom. The van der Waals surface area contributed by atoms with Crippen molar-refractivity contribution in [3.8, 4) is 0 Å². The highest BCUT2D eigenvalue weighted by Gasteiger charge is 2.14. The highest BCUT2D eigenvalue weighted by atomic mass is 16.5. The zero-order valence-electron chi connectivity index (χ0n) is 11.7. The average Bonchev–Trinajstić information content (AvgIpc) is 2.47. The Morgan fingerprint density at radius 3 is 2.50 bits per heavy atom. The first-order valence-corrected chi connectivity index (χ1v) is 6.73. The van der Waals surface area contributed by atoms with Crippen LogP contribution in [0.1, 0.15) is 31.2 Å². The highest BCUT2D eigenvalue weighted by molar-refractivity contribution is 5.81. The SMILES string of the molecule is COC(=O)CCCC(=O)CC(C=O)Cc1ccccc1. The summed E-state index contributed by atoms with van der Waals surface area (Å²) in [6, 6.07) is 9.62. The van der Waals surface area contributed by atoms with Gasteiger partial charge in [-0.2, -0.15) is 0 Å². The number of Topliss-reactive ketones (excluding diaryl/α,β-unsaturated/α-hetero) is 1. The molecule has 0 aliphatic heterocycles. The molecule has 1 unspecified atom stereocenters. The van der Waals surface area contributed by atoms with Crippen molar-refractivity contribution in [1.82, 2.24) is 0 Å². The van der Waals surface area contributed by atoms with Crippen molar-refractivity contribution in [3.05, 3.63) is 35.9 Å². The number of ether oxygens (including phenoxy) is 1. The third kappa shape index (κ3) is 6.27. The van der Waals surface area contributed by atoms with E-state index in [4.69, 9.17) is 0 Å². The fraction of sp³-hybridized carbons (Fsp3) is 0.438. The summed E-state index contributed by atoms with van der Waals surface area (Å²) in [4.78, 5) is 33.7. The van der Waals surface area contributed by atoms with Gasteiger partial charge in [0.05, 0.1) is 7.11 Å². The first kappa shape index (κ1) is 16.1. The van der Waals surface area contributed by atoms with E-state index in [1.54, 1.807) is 0 Å². The van der Waals surface area contributed by atoms with Gasteiger partial charge in [0.25, 0.3) is 0 Å². The molecule has 0 N–H and O–H groups in total. The van der Waals surface area contributed by atoms with Crippen LogP contribution in [0, 0.1) is 5.92 Å². The Bertz CT molecular complexity index is 439. The molecule has 0 aliphatic carbocycles. The van der Waals surface area contributed by atoms with Crippen molar-refractivity contribution in [1.29, 1.82) is 0 Å². The van der Waals surface area contributed by atoms with Gasteiger partial charge in [0.1, 0.15) is 12.1 Å². The molecule has 0 aliphatic rings. The number of hydrogen-bond acceptors (Lipinski definition) is 4. The molecule has 0 aromatic heterocycles. The van der Waals surface area contributed by atoms with Crippen molar-refractivity contribution in [3.63, 3.8) is 0 Å². The van der Waals surface area contributed by atoms with Gasteiger partial charge >= 0.3 is 5.97 Å². The van der Waals surface area contributed by atoms with E-state index in [1.165, 1.54) is 7.11 Å². The van der Waals surface area contributed by atoms with Crippen LogP contribution in [0.4, 0.5) is 0 Å². The fourth-order valence-corrected chi connectivity index (χ4v) is 2.01. The van der Waals surface area contributed by atoms with Crippen molar-refractivity contribution in [2.45, 2.75) is 32.1 Å². The lowest BCUT2D eigenvalue weighted by atomic mass is 9.94. The molecule has 0 spiro atoms. The van der Waals surface area contributed by atoms with Crippen LogP contribution in [0.5, 0.6) is 0 Å². The molecule has 0 bridgehead atoms. The molecule has 0 saturated carbocycles. The summed E-state index contributed by atoms with van der Waals surface area (Å²) in [6.45, 7) is 0. The van der Waals surface area contributed by atoms with Crippen LogP contribution >= 0.6 is 0 Å². The molecule has 4 nitrogen and oxygen atoms in total. The van der Waals surface area contributed by atoms with Crippen molar-refractivity contribution in [2.24, 2.45) is 5.92 Å². The minimum atomic E-state index is -0.311. The van der Waals surface area contributed by atoms with Gasteiger partial charge in [0.15, 0.2) is 0 Å². The van der Waals surface area contributed by atoms with Crippen LogP contribution in [0.15, 0.2) is 30.3 Å². The van der Waals surface area contributed by atoms with Crippen LogP contribution in [0.25, 0.3) is 0 Å². The molecule has 0 fully saturated rings. The standard InChI is InChI=1S/C16H20O4/c1-20-16(19)9-5-8-15(18)11-14(12-17)10-13-6-3-2-4-7-13/h2-4,6-7,12,14H,5,8-11H2,1H3. The van der Waals surface area contributed by atoms with Crippen molar-refractivity contribution < 1.29 is 19.1 Å². The number of carbonyl (C=O) groups is 3. The first-order valence-electron chi connectivity index (χ1n) is 6.73. The third-order valence-corrected chi connectivity index (χ3v) is 3.09. The summed E-state index contributed by atoms with van der Waals surface area (Å²) >= 11 is 0. The second-order valence-corrected chi connectivity index (χ2v) is 4.76. The number of esters is 1. The molecule has 108 valence electrons. The lowest BCUT2D eigenvalue weighted by molar-refractivity contribution is -0.140. The van der Waals surface area contributed by atoms with E-state index in [0.29, 0.717) is 19.3 Å². The third-order valence-electron chi connectivity index (χ3n) is 3.09. The highest BCUT2D eigenvalue weighted by Crippen LogP contribution is 2.13. The van der Waals surface area contributed by atoms with Gasteiger partial charge in [-0.05, 0) is 18.4 Å². The zero-order valence-corrected chi connectivity index (χ0v) is 11.7. The average molecular weight is 276 g/mol. The minimum absolute atomic E-state index is 0.0157. The van der Waals surface area contributed by atoms with Crippen LogP contribution in [-0.4, -0.2) is 25.1 Å². The van der Waals surface area contributed by atoms with Gasteiger partial charge in [-0.1, -0.05) is 30.3 Å². The van der Waals surface area contributed by atoms with Crippen molar-refractivity contribution in [2.75, 3.05) is 7.11 Å². The molecule has 4 heteroatoms. The maximum absolute atomic E-state index is 11.8. The number of aldehydes is 1. The molecule has 0 saturated heterocycles. The number of benzene rings is 1. The van der Waals surface area contributed by atoms with Gasteiger partial charge < -0.3 is 9.53 Å². The smallest absolute Gasteiger partial charge is 0.305 e.